The molecule has 1 aromatic rings. The number of piperazine rings is 2. The van der Waals surface area contributed by atoms with Crippen molar-refractivity contribution in [1.82, 2.24) is 19.0 Å². The Morgan fingerprint density at radius 1 is 0.963 bits per heavy atom. The number of nitrogens with zero attached hydrogens (tertiary/aromatic N) is 4. The lowest BCUT2D eigenvalue weighted by Gasteiger charge is -2.34. The molecule has 2 fully saturated rings. The molecule has 27 heavy (non-hydrogen) atoms. The van der Waals surface area contributed by atoms with Gasteiger partial charge < -0.3 is 14.7 Å². The van der Waals surface area contributed by atoms with Crippen LogP contribution < -0.4 is 0 Å². The molecule has 2 amide bonds. The monoisotopic (exact) mass is 394 g/mol. The number of hydrogen-bond acceptors (Lipinski definition) is 5. The Hall–Kier alpha value is -1.97. The molecule has 148 valence electrons. The highest BCUT2D eigenvalue weighted by Gasteiger charge is 2.28. The van der Waals surface area contributed by atoms with Crippen LogP contribution in [0.3, 0.4) is 0 Å². The van der Waals surface area contributed by atoms with Gasteiger partial charge in [-0.3, -0.25) is 9.59 Å². The van der Waals surface area contributed by atoms with Crippen LogP contribution in [0.15, 0.2) is 29.2 Å². The highest BCUT2D eigenvalue weighted by molar-refractivity contribution is 7.89. The minimum Gasteiger partial charge on any atom is -0.343 e. The topological polar surface area (TPSA) is 81.2 Å². The minimum atomic E-state index is -3.61. The molecule has 0 aromatic heterocycles. The lowest BCUT2D eigenvalue weighted by Crippen LogP contribution is -2.48. The average Bonchev–Trinajstić information content (AvgIpc) is 2.73. The lowest BCUT2D eigenvalue weighted by molar-refractivity contribution is -0.119. The highest BCUT2D eigenvalue weighted by atomic mass is 32.2. The first-order chi connectivity index (χ1) is 13.0. The zero-order chi connectivity index (χ0) is 19.4. The van der Waals surface area contributed by atoms with Gasteiger partial charge in [-0.05, 0) is 30.8 Å². The van der Waals surface area contributed by atoms with Crippen molar-refractivity contribution < 1.29 is 18.0 Å². The number of sulfonamides is 1. The van der Waals surface area contributed by atoms with Gasteiger partial charge in [0.25, 0.3) is 5.91 Å². The number of hydrogen-bond donors (Lipinski definition) is 0. The third-order valence-electron chi connectivity index (χ3n) is 5.27. The fourth-order valence-electron chi connectivity index (χ4n) is 3.42. The van der Waals surface area contributed by atoms with Gasteiger partial charge in [0.2, 0.25) is 16.4 Å². The van der Waals surface area contributed by atoms with Crippen molar-refractivity contribution in [1.29, 1.82) is 0 Å². The average molecular weight is 394 g/mol. The maximum atomic E-state index is 12.8. The molecule has 2 saturated heterocycles. The van der Waals surface area contributed by atoms with Gasteiger partial charge in [0.15, 0.2) is 0 Å². The van der Waals surface area contributed by atoms with Crippen LogP contribution in [0.25, 0.3) is 0 Å². The smallest absolute Gasteiger partial charge is 0.253 e. The SMILES string of the molecule is CCN1CCN(C(=O)c2ccc(S(=O)(=O)N3CCN(C=O)CC3)cc2)CC1. The normalized spacial score (nSPS) is 19.9. The minimum absolute atomic E-state index is 0.0608. The molecule has 0 N–H and O–H groups in total. The number of likely N-dealkylation sites (N-methyl/N-ethyl adjacent to an activating group) is 1. The summed E-state index contributed by atoms with van der Waals surface area (Å²) < 4.78 is 26.9. The summed E-state index contributed by atoms with van der Waals surface area (Å²) in [6.45, 7) is 7.54. The number of carbonyl (C=O) groups is 2. The molecular formula is C18H26N4O4S. The van der Waals surface area contributed by atoms with E-state index in [0.717, 1.165) is 26.0 Å². The van der Waals surface area contributed by atoms with Crippen LogP contribution in [0.5, 0.6) is 0 Å². The van der Waals surface area contributed by atoms with Crippen LogP contribution in [-0.4, -0.2) is 98.6 Å². The van der Waals surface area contributed by atoms with Crippen LogP contribution in [-0.2, 0) is 14.8 Å². The molecule has 0 radical (unpaired) electrons. The zero-order valence-corrected chi connectivity index (χ0v) is 16.4. The second-order valence-corrected chi connectivity index (χ2v) is 8.73. The molecular weight excluding hydrogens is 368 g/mol. The summed E-state index contributed by atoms with van der Waals surface area (Å²) in [5.41, 5.74) is 0.504. The van der Waals surface area contributed by atoms with Crippen molar-refractivity contribution in [3.05, 3.63) is 29.8 Å². The van der Waals surface area contributed by atoms with Crippen molar-refractivity contribution in [2.24, 2.45) is 0 Å². The van der Waals surface area contributed by atoms with E-state index < -0.39 is 10.0 Å². The van der Waals surface area contributed by atoms with Gasteiger partial charge in [0, 0.05) is 57.9 Å². The van der Waals surface area contributed by atoms with E-state index in [2.05, 4.69) is 11.8 Å². The number of amides is 2. The molecule has 0 bridgehead atoms. The molecule has 2 aliphatic rings. The number of benzene rings is 1. The predicted molar refractivity (Wildman–Crippen MR) is 101 cm³/mol. The Morgan fingerprint density at radius 3 is 2.07 bits per heavy atom. The molecule has 8 nitrogen and oxygen atoms in total. The first-order valence-corrected chi connectivity index (χ1v) is 10.7. The van der Waals surface area contributed by atoms with Crippen LogP contribution in [0, 0.1) is 0 Å². The summed E-state index contributed by atoms with van der Waals surface area (Å²) in [5, 5.41) is 0. The molecule has 2 heterocycles. The lowest BCUT2D eigenvalue weighted by atomic mass is 10.2. The number of rotatable bonds is 5. The zero-order valence-electron chi connectivity index (χ0n) is 15.6. The van der Waals surface area contributed by atoms with Crippen LogP contribution in [0.1, 0.15) is 17.3 Å². The Morgan fingerprint density at radius 2 is 1.56 bits per heavy atom. The van der Waals surface area contributed by atoms with E-state index in [9.17, 15) is 18.0 Å². The third kappa shape index (κ3) is 4.31. The molecule has 0 unspecified atom stereocenters. The number of carbonyl (C=O) groups excluding carboxylic acids is 2. The van der Waals surface area contributed by atoms with Crippen molar-refractivity contribution >= 4 is 22.3 Å². The van der Waals surface area contributed by atoms with E-state index in [1.54, 1.807) is 17.0 Å². The van der Waals surface area contributed by atoms with E-state index in [4.69, 9.17) is 0 Å². The van der Waals surface area contributed by atoms with Gasteiger partial charge in [-0.25, -0.2) is 8.42 Å². The molecule has 9 heteroatoms. The van der Waals surface area contributed by atoms with Crippen molar-refractivity contribution in [3.63, 3.8) is 0 Å². The van der Waals surface area contributed by atoms with Crippen molar-refractivity contribution in [2.75, 3.05) is 58.9 Å². The summed E-state index contributed by atoms with van der Waals surface area (Å²) in [6.07, 6.45) is 0.741. The summed E-state index contributed by atoms with van der Waals surface area (Å²) in [5.74, 6) is -0.0608. The Balaban J connectivity index is 1.66. The Labute approximate surface area is 160 Å². The first-order valence-electron chi connectivity index (χ1n) is 9.27. The van der Waals surface area contributed by atoms with Crippen LogP contribution >= 0.6 is 0 Å². The highest BCUT2D eigenvalue weighted by Crippen LogP contribution is 2.19. The third-order valence-corrected chi connectivity index (χ3v) is 7.18. The van der Waals surface area contributed by atoms with Gasteiger partial charge in [-0.15, -0.1) is 0 Å². The van der Waals surface area contributed by atoms with E-state index in [1.165, 1.54) is 16.4 Å². The fraction of sp³-hybridized carbons (Fsp3) is 0.556. The largest absolute Gasteiger partial charge is 0.343 e. The summed E-state index contributed by atoms with van der Waals surface area (Å²) in [4.78, 5) is 29.3. The van der Waals surface area contributed by atoms with Gasteiger partial charge >= 0.3 is 0 Å². The van der Waals surface area contributed by atoms with Crippen molar-refractivity contribution in [3.8, 4) is 0 Å². The molecule has 0 atom stereocenters. The van der Waals surface area contributed by atoms with Gasteiger partial charge in [0.05, 0.1) is 4.90 Å². The van der Waals surface area contributed by atoms with Crippen molar-refractivity contribution in [2.45, 2.75) is 11.8 Å². The van der Waals surface area contributed by atoms with E-state index in [-0.39, 0.29) is 23.9 Å². The molecule has 0 aliphatic carbocycles. The molecule has 0 saturated carbocycles. The van der Waals surface area contributed by atoms with E-state index in [1.807, 2.05) is 4.90 Å². The first kappa shape index (κ1) is 19.8. The van der Waals surface area contributed by atoms with E-state index in [0.29, 0.717) is 31.7 Å². The second kappa shape index (κ2) is 8.37. The maximum Gasteiger partial charge on any atom is 0.253 e. The molecule has 1 aromatic carbocycles. The summed E-state index contributed by atoms with van der Waals surface area (Å²) in [6, 6.07) is 6.17. The van der Waals surface area contributed by atoms with Crippen LogP contribution in [0.2, 0.25) is 0 Å². The molecule has 2 aliphatic heterocycles. The van der Waals surface area contributed by atoms with Gasteiger partial charge in [-0.2, -0.15) is 4.31 Å². The second-order valence-electron chi connectivity index (χ2n) is 6.80. The summed E-state index contributed by atoms with van der Waals surface area (Å²) >= 11 is 0. The van der Waals surface area contributed by atoms with E-state index >= 15 is 0 Å². The molecule has 3 rings (SSSR count). The molecule has 0 spiro atoms. The maximum absolute atomic E-state index is 12.8. The van der Waals surface area contributed by atoms with Crippen LogP contribution in [0.4, 0.5) is 0 Å². The van der Waals surface area contributed by atoms with Gasteiger partial charge in [-0.1, -0.05) is 6.92 Å². The van der Waals surface area contributed by atoms with Gasteiger partial charge in [0.1, 0.15) is 0 Å². The standard InChI is InChI=1S/C18H26N4O4S/c1-2-19-7-11-21(12-8-19)18(24)16-3-5-17(6-4-16)27(25,26)22-13-9-20(15-23)10-14-22/h3-6,15H,2,7-14H2,1H3. The Bertz CT molecular complexity index is 765. The fourth-order valence-corrected chi connectivity index (χ4v) is 4.84. The quantitative estimate of drug-likeness (QED) is 0.653. The summed E-state index contributed by atoms with van der Waals surface area (Å²) in [7, 11) is -3.61. The Kier molecular flexibility index (Phi) is 6.13. The predicted octanol–water partition coefficient (Wildman–Crippen LogP) is -0.0730.